The summed E-state index contributed by atoms with van der Waals surface area (Å²) in [6, 6.07) is 7.20. The molecule has 4 amide bonds. The lowest BCUT2D eigenvalue weighted by molar-refractivity contribution is -0.138. The number of fused-ring (bicyclic) bond motifs is 3. The van der Waals surface area contributed by atoms with Crippen molar-refractivity contribution >= 4 is 40.5 Å². The van der Waals surface area contributed by atoms with E-state index in [4.69, 9.17) is 0 Å². The normalized spacial score (nSPS) is 18.1. The SMILES string of the molecule is CCC(C)[C@H](NC(=O)Cc1ccccc1F)C(=O)N[C@]1(C(=O)NC(C(=O)Nc2nn[nH]n2)[C@@H](C)CC)CCc2[nH]c3c(C(F)(F)F)cccc3c2C1. The number of nitrogens with one attached hydrogen (secondary N) is 6. The van der Waals surface area contributed by atoms with Crippen LogP contribution in [0.4, 0.5) is 23.5 Å². The summed E-state index contributed by atoms with van der Waals surface area (Å²) in [6.07, 6.45) is -4.30. The molecule has 0 saturated heterocycles. The molecule has 0 bridgehead atoms. The zero-order valence-corrected chi connectivity index (χ0v) is 29.1. The fourth-order valence-corrected chi connectivity index (χ4v) is 6.50. The third-order valence-electron chi connectivity index (χ3n) is 9.90. The number of hydrogen-bond acceptors (Lipinski definition) is 7. The summed E-state index contributed by atoms with van der Waals surface area (Å²) in [5.74, 6) is -4.31. The molecule has 0 aliphatic heterocycles. The van der Waals surface area contributed by atoms with E-state index >= 15 is 0 Å². The third kappa shape index (κ3) is 8.07. The van der Waals surface area contributed by atoms with Crippen LogP contribution in [0.2, 0.25) is 0 Å². The Labute approximate surface area is 296 Å². The molecule has 13 nitrogen and oxygen atoms in total. The van der Waals surface area contributed by atoms with Crippen LogP contribution >= 0.6 is 0 Å². The van der Waals surface area contributed by atoms with Crippen LogP contribution in [0.15, 0.2) is 42.5 Å². The van der Waals surface area contributed by atoms with E-state index in [0.717, 1.165) is 6.07 Å². The molecular weight excluding hydrogens is 686 g/mol. The van der Waals surface area contributed by atoms with Crippen molar-refractivity contribution in [1.29, 1.82) is 0 Å². The number of carbonyl (C=O) groups excluding carboxylic acids is 4. The van der Waals surface area contributed by atoms with Crippen LogP contribution in [0.5, 0.6) is 0 Å². The average Bonchev–Trinajstić information content (AvgIpc) is 3.76. The summed E-state index contributed by atoms with van der Waals surface area (Å²) in [5, 5.41) is 24.2. The van der Waals surface area contributed by atoms with Crippen molar-refractivity contribution in [2.45, 2.75) is 90.0 Å². The zero-order valence-electron chi connectivity index (χ0n) is 29.1. The second-order valence-corrected chi connectivity index (χ2v) is 13.3. The molecule has 4 aromatic rings. The van der Waals surface area contributed by atoms with Crippen LogP contribution in [-0.2, 0) is 44.6 Å². The van der Waals surface area contributed by atoms with Gasteiger partial charge in [0.25, 0.3) is 5.95 Å². The molecule has 2 heterocycles. The number of tetrazole rings is 1. The molecule has 2 unspecified atom stereocenters. The molecule has 6 N–H and O–H groups in total. The minimum absolute atomic E-state index is 0.0537. The fourth-order valence-electron chi connectivity index (χ4n) is 6.50. The summed E-state index contributed by atoms with van der Waals surface area (Å²) in [7, 11) is 0. The highest BCUT2D eigenvalue weighted by molar-refractivity contribution is 6.01. The highest BCUT2D eigenvalue weighted by Crippen LogP contribution is 2.40. The Morgan fingerprint density at radius 1 is 0.942 bits per heavy atom. The van der Waals surface area contributed by atoms with Gasteiger partial charge in [-0.25, -0.2) is 4.39 Å². The Kier molecular flexibility index (Phi) is 11.3. The average molecular weight is 728 g/mol. The van der Waals surface area contributed by atoms with Gasteiger partial charge in [0.1, 0.15) is 23.4 Å². The number of benzene rings is 2. The largest absolute Gasteiger partial charge is 0.418 e. The molecule has 2 aromatic heterocycles. The molecule has 1 aliphatic rings. The van der Waals surface area contributed by atoms with E-state index in [1.807, 2.05) is 13.8 Å². The number of aromatic nitrogens is 5. The van der Waals surface area contributed by atoms with Gasteiger partial charge in [-0.3, -0.25) is 24.5 Å². The van der Waals surface area contributed by atoms with E-state index in [0.29, 0.717) is 24.1 Å². The molecule has 0 spiro atoms. The Morgan fingerprint density at radius 2 is 1.63 bits per heavy atom. The molecule has 17 heteroatoms. The van der Waals surface area contributed by atoms with Gasteiger partial charge in [-0.2, -0.15) is 18.4 Å². The molecule has 0 radical (unpaired) electrons. The van der Waals surface area contributed by atoms with E-state index in [1.165, 1.54) is 30.3 Å². The van der Waals surface area contributed by atoms with Gasteiger partial charge in [0.05, 0.1) is 17.5 Å². The smallest absolute Gasteiger partial charge is 0.358 e. The quantitative estimate of drug-likeness (QED) is 0.112. The Bertz CT molecular complexity index is 1930. The van der Waals surface area contributed by atoms with Crippen LogP contribution < -0.4 is 21.3 Å². The number of aromatic amines is 2. The number of amides is 4. The van der Waals surface area contributed by atoms with Gasteiger partial charge in [-0.1, -0.05) is 76.0 Å². The van der Waals surface area contributed by atoms with Crippen molar-refractivity contribution in [2.75, 3.05) is 5.32 Å². The van der Waals surface area contributed by atoms with Crippen LogP contribution in [-0.4, -0.2) is 66.9 Å². The van der Waals surface area contributed by atoms with Gasteiger partial charge < -0.3 is 20.9 Å². The molecule has 1 aliphatic carbocycles. The van der Waals surface area contributed by atoms with Crippen molar-refractivity contribution in [3.05, 3.63) is 70.7 Å². The second-order valence-electron chi connectivity index (χ2n) is 13.3. The number of H-pyrrole nitrogens is 2. The molecule has 5 rings (SSSR count). The molecule has 0 saturated carbocycles. The van der Waals surface area contributed by atoms with Gasteiger partial charge in [0.2, 0.25) is 23.6 Å². The Morgan fingerprint density at radius 3 is 2.27 bits per heavy atom. The van der Waals surface area contributed by atoms with Crippen molar-refractivity contribution in [3.8, 4) is 0 Å². The number of para-hydroxylation sites is 1. The van der Waals surface area contributed by atoms with E-state index in [2.05, 4.69) is 46.9 Å². The van der Waals surface area contributed by atoms with E-state index < -0.39 is 70.6 Å². The molecule has 278 valence electrons. The molecule has 52 heavy (non-hydrogen) atoms. The first-order valence-electron chi connectivity index (χ1n) is 17.1. The number of hydrogen-bond donors (Lipinski definition) is 6. The van der Waals surface area contributed by atoms with E-state index in [1.54, 1.807) is 19.9 Å². The Hall–Kier alpha value is -5.35. The summed E-state index contributed by atoms with van der Waals surface area (Å²) in [4.78, 5) is 58.3. The summed E-state index contributed by atoms with van der Waals surface area (Å²) >= 11 is 0. The standard InChI is InChI=1S/C35H41F4N9O4/c1-5-18(3)27(30(50)43-33-45-47-48-46-33)42-32(52)34(15-14-25-22(17-34)21-11-9-12-23(29(21)40-25)35(37,38)39)44-31(51)28(19(4)6-2)41-26(49)16-20-10-7-8-13-24(20)36/h7-13,18-19,27-28,40H,5-6,14-17H2,1-4H3,(H,41,49)(H,42,52)(H,44,51)(H2,43,45,46,47,48,50)/t18-,19?,27?,28-,34+/m0/s1. The number of halogens is 4. The predicted octanol–water partition coefficient (Wildman–Crippen LogP) is 4.13. The first-order valence-corrected chi connectivity index (χ1v) is 17.1. The highest BCUT2D eigenvalue weighted by Gasteiger charge is 2.47. The van der Waals surface area contributed by atoms with Crippen LogP contribution in [0, 0.1) is 17.7 Å². The maximum Gasteiger partial charge on any atom is 0.418 e. The lowest BCUT2D eigenvalue weighted by Gasteiger charge is -2.39. The highest BCUT2D eigenvalue weighted by atomic mass is 19.4. The third-order valence-corrected chi connectivity index (χ3v) is 9.90. The summed E-state index contributed by atoms with van der Waals surface area (Å²) in [5.41, 5.74) is -1.77. The van der Waals surface area contributed by atoms with Gasteiger partial charge in [0, 0.05) is 17.5 Å². The monoisotopic (exact) mass is 727 g/mol. The molecular formula is C35H41F4N9O4. The van der Waals surface area contributed by atoms with Gasteiger partial charge >= 0.3 is 6.18 Å². The number of carbonyl (C=O) groups is 4. The van der Waals surface area contributed by atoms with Gasteiger partial charge in [-0.05, 0) is 53.2 Å². The summed E-state index contributed by atoms with van der Waals surface area (Å²) in [6.45, 7) is 7.11. The van der Waals surface area contributed by atoms with Gasteiger partial charge in [-0.15, -0.1) is 5.10 Å². The lowest BCUT2D eigenvalue weighted by Crippen LogP contribution is -2.67. The molecule has 5 atom stereocenters. The van der Waals surface area contributed by atoms with Crippen molar-refractivity contribution in [3.63, 3.8) is 0 Å². The second kappa shape index (κ2) is 15.5. The molecule has 0 fully saturated rings. The zero-order chi connectivity index (χ0) is 37.8. The first-order chi connectivity index (χ1) is 24.7. The number of alkyl halides is 3. The number of aryl methyl sites for hydroxylation is 1. The molecule has 2 aromatic carbocycles. The number of nitrogens with zero attached hydrogens (tertiary/aromatic N) is 3. The van der Waals surface area contributed by atoms with Gasteiger partial charge in [0.15, 0.2) is 0 Å². The van der Waals surface area contributed by atoms with Crippen LogP contribution in [0.25, 0.3) is 10.9 Å². The van der Waals surface area contributed by atoms with E-state index in [-0.39, 0.29) is 48.1 Å². The predicted molar refractivity (Wildman–Crippen MR) is 182 cm³/mol. The first kappa shape index (κ1) is 37.9. The number of anilines is 1. The number of rotatable bonds is 13. The minimum atomic E-state index is -4.66. The maximum absolute atomic E-state index is 14.6. The van der Waals surface area contributed by atoms with Crippen molar-refractivity contribution in [2.24, 2.45) is 11.8 Å². The van der Waals surface area contributed by atoms with Crippen molar-refractivity contribution < 1.29 is 36.7 Å². The van der Waals surface area contributed by atoms with Crippen LogP contribution in [0.1, 0.15) is 69.3 Å². The van der Waals surface area contributed by atoms with E-state index in [9.17, 15) is 36.7 Å². The lowest BCUT2D eigenvalue weighted by atomic mass is 9.78. The van der Waals surface area contributed by atoms with Crippen LogP contribution in [0.3, 0.4) is 0 Å². The maximum atomic E-state index is 14.6. The minimum Gasteiger partial charge on any atom is -0.358 e. The van der Waals surface area contributed by atoms with Crippen molar-refractivity contribution in [1.82, 2.24) is 41.6 Å². The summed E-state index contributed by atoms with van der Waals surface area (Å²) < 4.78 is 56.4. The topological polar surface area (TPSA) is 187 Å². The fraction of sp³-hybridized carbons (Fsp3) is 0.457. The Balaban J connectivity index is 1.51.